The van der Waals surface area contributed by atoms with Crippen LogP contribution in [0.15, 0.2) is 89.9 Å². The molecule has 1 saturated heterocycles. The number of para-hydroxylation sites is 1. The number of aromatic nitrogens is 5. The number of piperidine rings is 1. The molecule has 0 saturated carbocycles. The molecule has 0 radical (unpaired) electrons. The van der Waals surface area contributed by atoms with Crippen molar-refractivity contribution in [2.45, 2.75) is 46.1 Å². The molecule has 61 heavy (non-hydrogen) atoms. The number of carbonyl (C=O) groups excluding carboxylic acids is 2. The van der Waals surface area contributed by atoms with E-state index in [0.717, 1.165) is 23.4 Å². The van der Waals surface area contributed by atoms with Gasteiger partial charge in [-0.05, 0) is 79.8 Å². The van der Waals surface area contributed by atoms with Crippen LogP contribution in [0.1, 0.15) is 54.6 Å². The predicted octanol–water partition coefficient (Wildman–Crippen LogP) is 6.41. The lowest BCUT2D eigenvalue weighted by Gasteiger charge is -2.33. The van der Waals surface area contributed by atoms with Crippen LogP contribution in [0.4, 0.5) is 34.5 Å². The molecule has 2 amide bonds. The molecule has 0 atom stereocenters. The van der Waals surface area contributed by atoms with E-state index in [1.54, 1.807) is 36.3 Å². The quantitative estimate of drug-likeness (QED) is 0.0912. The molecule has 5 N–H and O–H groups in total. The Bertz CT molecular complexity index is 2650. The van der Waals surface area contributed by atoms with Gasteiger partial charge < -0.3 is 40.3 Å². The summed E-state index contributed by atoms with van der Waals surface area (Å²) in [7, 11) is 3.60. The van der Waals surface area contributed by atoms with Crippen LogP contribution in [0.25, 0.3) is 17.1 Å². The van der Waals surface area contributed by atoms with Gasteiger partial charge in [0.25, 0.3) is 5.91 Å². The monoisotopic (exact) mass is 824 g/mol. The number of aromatic hydroxyl groups is 2. The number of aryl methyl sites for hydroxylation is 1. The van der Waals surface area contributed by atoms with Crippen molar-refractivity contribution in [2.75, 3.05) is 53.8 Å². The molecule has 4 heterocycles. The van der Waals surface area contributed by atoms with Gasteiger partial charge in [-0.3, -0.25) is 9.59 Å². The number of phenols is 2. The molecule has 4 aromatic carbocycles. The first kappa shape index (κ1) is 40.4. The average molecular weight is 825 g/mol. The molecule has 0 aliphatic carbocycles. The largest absolute Gasteiger partial charge is 0.508 e. The van der Waals surface area contributed by atoms with Gasteiger partial charge in [0.15, 0.2) is 11.6 Å². The molecule has 8 rings (SSSR count). The molecule has 0 bridgehead atoms. The van der Waals surface area contributed by atoms with E-state index in [9.17, 15) is 24.6 Å². The van der Waals surface area contributed by atoms with Crippen molar-refractivity contribution in [1.82, 2.24) is 30.0 Å². The third-order valence-electron chi connectivity index (χ3n) is 11.3. The number of H-pyrrole nitrogens is 1. The number of ether oxygens (including phenoxy) is 1. The maximum Gasteiger partial charge on any atom is 0.348 e. The molecule has 6 aromatic rings. The van der Waals surface area contributed by atoms with Crippen LogP contribution in [-0.2, 0) is 17.8 Å². The number of rotatable bonds is 12. The summed E-state index contributed by atoms with van der Waals surface area (Å²) in [6, 6.07) is 23.5. The highest BCUT2D eigenvalue weighted by molar-refractivity contribution is 6.13. The Balaban J connectivity index is 0.887. The SMILES string of the molecule is CCCc1cc(-c2n[nH]c(=O)n2-c2ccc(CNC(=O)C3CCN(c4ccc(Nc5ncc6c(n5)N(C)c5ccccc5C(=O)N6C)c(OCC)c4)CC3)cc2)c(O)cc1O. The molecular weight excluding hydrogens is 777 g/mol. The molecule has 1 fully saturated rings. The summed E-state index contributed by atoms with van der Waals surface area (Å²) in [6.45, 7) is 6.08. The molecule has 16 nitrogen and oxygen atoms in total. The van der Waals surface area contributed by atoms with Crippen molar-refractivity contribution in [1.29, 1.82) is 0 Å². The fourth-order valence-electron chi connectivity index (χ4n) is 7.95. The average Bonchev–Trinajstić information content (AvgIpc) is 3.64. The molecule has 2 aliphatic rings. The minimum absolute atomic E-state index is 0.00961. The fourth-order valence-corrected chi connectivity index (χ4v) is 7.95. The zero-order valence-corrected chi connectivity index (χ0v) is 34.5. The lowest BCUT2D eigenvalue weighted by Crippen LogP contribution is -2.40. The molecule has 0 unspecified atom stereocenters. The number of anilines is 6. The molecule has 16 heteroatoms. The summed E-state index contributed by atoms with van der Waals surface area (Å²) in [4.78, 5) is 54.5. The maximum absolute atomic E-state index is 13.3. The number of fused-ring (bicyclic) bond motifs is 2. The minimum Gasteiger partial charge on any atom is -0.508 e. The maximum atomic E-state index is 13.3. The highest BCUT2D eigenvalue weighted by atomic mass is 16.5. The summed E-state index contributed by atoms with van der Waals surface area (Å²) in [5.41, 5.74) is 5.51. The second-order valence-corrected chi connectivity index (χ2v) is 15.2. The Kier molecular flexibility index (Phi) is 11.3. The second kappa shape index (κ2) is 17.1. The second-order valence-electron chi connectivity index (χ2n) is 15.2. The van der Waals surface area contributed by atoms with E-state index >= 15 is 0 Å². The number of aromatic amines is 1. The van der Waals surface area contributed by atoms with Crippen molar-refractivity contribution in [3.63, 3.8) is 0 Å². The number of nitrogens with zero attached hydrogens (tertiary/aromatic N) is 7. The van der Waals surface area contributed by atoms with Crippen molar-refractivity contribution in [3.05, 3.63) is 112 Å². The molecule has 2 aromatic heterocycles. The highest BCUT2D eigenvalue weighted by Gasteiger charge is 2.30. The van der Waals surface area contributed by atoms with Crippen molar-refractivity contribution >= 4 is 46.3 Å². The zero-order chi connectivity index (χ0) is 42.8. The Morgan fingerprint density at radius 1 is 0.885 bits per heavy atom. The molecule has 2 aliphatic heterocycles. The van der Waals surface area contributed by atoms with E-state index in [1.165, 1.54) is 10.6 Å². The normalized spacial score (nSPS) is 14.0. The lowest BCUT2D eigenvalue weighted by molar-refractivity contribution is -0.125. The Morgan fingerprint density at radius 2 is 1.64 bits per heavy atom. The highest BCUT2D eigenvalue weighted by Crippen LogP contribution is 2.40. The fraction of sp³-hybridized carbons (Fsp3) is 0.289. The third-order valence-corrected chi connectivity index (χ3v) is 11.3. The predicted molar refractivity (Wildman–Crippen MR) is 234 cm³/mol. The van der Waals surface area contributed by atoms with Gasteiger partial charge >= 0.3 is 5.69 Å². The summed E-state index contributed by atoms with van der Waals surface area (Å²) in [6.07, 6.45) is 4.40. The summed E-state index contributed by atoms with van der Waals surface area (Å²) in [5, 5.41) is 33.9. The van der Waals surface area contributed by atoms with Crippen LogP contribution >= 0.6 is 0 Å². The molecule has 314 valence electrons. The van der Waals surface area contributed by atoms with Crippen LogP contribution in [-0.4, -0.2) is 80.6 Å². The number of benzene rings is 4. The van der Waals surface area contributed by atoms with E-state index < -0.39 is 5.69 Å². The van der Waals surface area contributed by atoms with Crippen LogP contribution < -0.4 is 35.8 Å². The summed E-state index contributed by atoms with van der Waals surface area (Å²) >= 11 is 0. The number of amides is 2. The van der Waals surface area contributed by atoms with Gasteiger partial charge in [-0.15, -0.1) is 0 Å². The van der Waals surface area contributed by atoms with Crippen LogP contribution in [0, 0.1) is 5.92 Å². The Hall–Kier alpha value is -7.36. The van der Waals surface area contributed by atoms with Crippen LogP contribution in [0.2, 0.25) is 0 Å². The van der Waals surface area contributed by atoms with Crippen LogP contribution in [0.5, 0.6) is 17.2 Å². The van der Waals surface area contributed by atoms with E-state index in [2.05, 4.69) is 30.7 Å². The Morgan fingerprint density at radius 3 is 2.39 bits per heavy atom. The van der Waals surface area contributed by atoms with Crippen molar-refractivity contribution < 1.29 is 24.5 Å². The molecular formula is C45H48N10O6. The van der Waals surface area contributed by atoms with Gasteiger partial charge in [-0.2, -0.15) is 10.1 Å². The third kappa shape index (κ3) is 8.03. The van der Waals surface area contributed by atoms with E-state index in [4.69, 9.17) is 9.72 Å². The van der Waals surface area contributed by atoms with Gasteiger partial charge in [0.05, 0.1) is 41.0 Å². The number of phenolic OH excluding ortho intramolecular Hbond substituents is 2. The first-order chi connectivity index (χ1) is 29.5. The summed E-state index contributed by atoms with van der Waals surface area (Å²) < 4.78 is 7.44. The van der Waals surface area contributed by atoms with Gasteiger partial charge in [-0.1, -0.05) is 37.6 Å². The first-order valence-corrected chi connectivity index (χ1v) is 20.4. The number of hydrogen-bond acceptors (Lipinski definition) is 12. The standard InChI is InChI=1S/C45H48N10O6/c1-5-9-29-22-33(38(57)24-37(29)56)40-50-51-45(60)55(40)30-14-12-27(13-15-30)25-46-42(58)28-18-20-54(21-19-28)31-16-17-34(39(23-31)61-6-2)48-44-47-26-36-41(49-44)52(3)35-11-8-7-10-32(35)43(59)53(36)4/h7-8,10-17,22-24,26,28,56-57H,5-6,9,18-21,25H2,1-4H3,(H,46,58)(H,51,60)(H,47,48,49). The topological polar surface area (TPSA) is 194 Å². The lowest BCUT2D eigenvalue weighted by atomic mass is 9.95. The zero-order valence-electron chi connectivity index (χ0n) is 34.5. The van der Waals surface area contributed by atoms with E-state index in [0.29, 0.717) is 96.8 Å². The Labute approximate surface area is 352 Å². The van der Waals surface area contributed by atoms with Gasteiger partial charge in [0.1, 0.15) is 22.9 Å². The number of hydrogen-bond donors (Lipinski definition) is 5. The number of nitrogens with one attached hydrogen (secondary N) is 3. The van der Waals surface area contributed by atoms with Crippen molar-refractivity contribution in [3.8, 4) is 34.3 Å². The van der Waals surface area contributed by atoms with E-state index in [1.807, 2.05) is 80.4 Å². The van der Waals surface area contributed by atoms with Crippen molar-refractivity contribution in [2.24, 2.45) is 5.92 Å². The van der Waals surface area contributed by atoms with Crippen LogP contribution in [0.3, 0.4) is 0 Å². The number of carbonyl (C=O) groups is 2. The first-order valence-electron chi connectivity index (χ1n) is 20.4. The van der Waals surface area contributed by atoms with Gasteiger partial charge in [-0.25, -0.2) is 19.4 Å². The summed E-state index contributed by atoms with van der Waals surface area (Å²) in [5.74, 6) is 1.32. The smallest absolute Gasteiger partial charge is 0.348 e. The van der Waals surface area contributed by atoms with Gasteiger partial charge in [0.2, 0.25) is 11.9 Å². The molecule has 0 spiro atoms. The van der Waals surface area contributed by atoms with E-state index in [-0.39, 0.29) is 35.1 Å². The minimum atomic E-state index is -0.474. The van der Waals surface area contributed by atoms with Gasteiger partial charge in [0, 0.05) is 57.5 Å².